The highest BCUT2D eigenvalue weighted by Gasteiger charge is 2.40. The Bertz CT molecular complexity index is 518. The van der Waals surface area contributed by atoms with Gasteiger partial charge in [-0.1, -0.05) is 15.9 Å². The molecule has 0 bridgehead atoms. The minimum absolute atomic E-state index is 0.0534. The van der Waals surface area contributed by atoms with Gasteiger partial charge in [-0.3, -0.25) is 9.59 Å². The molecule has 4 nitrogen and oxygen atoms in total. The number of nitrogens with zero attached hydrogens (tertiary/aromatic N) is 1. The maximum atomic E-state index is 11.9. The van der Waals surface area contributed by atoms with Crippen LogP contribution in [0.25, 0.3) is 0 Å². The van der Waals surface area contributed by atoms with Crippen molar-refractivity contribution in [3.63, 3.8) is 0 Å². The van der Waals surface area contributed by atoms with Crippen LogP contribution < -0.4 is 10.2 Å². The zero-order valence-corrected chi connectivity index (χ0v) is 12.7. The van der Waals surface area contributed by atoms with Crippen LogP contribution >= 0.6 is 15.9 Å². The van der Waals surface area contributed by atoms with Gasteiger partial charge in [0.15, 0.2) is 6.29 Å². The van der Waals surface area contributed by atoms with Crippen molar-refractivity contribution in [2.24, 2.45) is 5.41 Å². The van der Waals surface area contributed by atoms with Crippen molar-refractivity contribution in [3.8, 4) is 0 Å². The Morgan fingerprint density at radius 2 is 2.26 bits per heavy atom. The topological polar surface area (TPSA) is 49.4 Å². The van der Waals surface area contributed by atoms with Crippen molar-refractivity contribution in [3.05, 3.63) is 28.2 Å². The van der Waals surface area contributed by atoms with E-state index >= 15 is 0 Å². The van der Waals surface area contributed by atoms with E-state index in [-0.39, 0.29) is 5.91 Å². The van der Waals surface area contributed by atoms with Crippen LogP contribution in [0.4, 0.5) is 5.69 Å². The van der Waals surface area contributed by atoms with Crippen molar-refractivity contribution >= 4 is 33.8 Å². The summed E-state index contributed by atoms with van der Waals surface area (Å²) in [4.78, 5) is 25.1. The van der Waals surface area contributed by atoms with Gasteiger partial charge < -0.3 is 10.2 Å². The molecule has 1 saturated heterocycles. The molecular weight excluding hydrogens is 308 g/mol. The predicted octanol–water partition coefficient (Wildman–Crippen LogP) is 2.22. The standard InChI is InChI=1S/C14H17BrN2O2/c1-14(13(19)16-2)5-6-17(9-14)12-7-11(15)4-3-10(12)8-18/h3-4,7-8H,5-6,9H2,1-2H3,(H,16,19). The Balaban J connectivity index is 2.28. The number of benzene rings is 1. The summed E-state index contributed by atoms with van der Waals surface area (Å²) in [5.74, 6) is 0.0534. The van der Waals surface area contributed by atoms with Crippen molar-refractivity contribution in [1.82, 2.24) is 5.32 Å². The molecule has 0 radical (unpaired) electrons. The molecule has 1 aromatic carbocycles. The molecule has 1 aliphatic rings. The maximum absolute atomic E-state index is 11.9. The van der Waals surface area contributed by atoms with Crippen molar-refractivity contribution in [2.45, 2.75) is 13.3 Å². The molecule has 1 atom stereocenters. The van der Waals surface area contributed by atoms with Crippen LogP contribution in [0, 0.1) is 5.41 Å². The molecular formula is C14H17BrN2O2. The third-order valence-electron chi connectivity index (χ3n) is 3.71. The van der Waals surface area contributed by atoms with E-state index in [4.69, 9.17) is 0 Å². The van der Waals surface area contributed by atoms with Gasteiger partial charge in [-0.15, -0.1) is 0 Å². The fraction of sp³-hybridized carbons (Fsp3) is 0.429. The molecule has 19 heavy (non-hydrogen) atoms. The zero-order valence-electron chi connectivity index (χ0n) is 11.1. The summed E-state index contributed by atoms with van der Waals surface area (Å²) in [6.07, 6.45) is 1.65. The van der Waals surface area contributed by atoms with Gasteiger partial charge in [0.1, 0.15) is 0 Å². The van der Waals surface area contributed by atoms with Crippen LogP contribution in [0.1, 0.15) is 23.7 Å². The van der Waals surface area contributed by atoms with Crippen molar-refractivity contribution < 1.29 is 9.59 Å². The largest absolute Gasteiger partial charge is 0.370 e. The lowest BCUT2D eigenvalue weighted by Crippen LogP contribution is -2.39. The van der Waals surface area contributed by atoms with Gasteiger partial charge in [-0.25, -0.2) is 0 Å². The summed E-state index contributed by atoms with van der Waals surface area (Å²) in [5.41, 5.74) is 1.15. The minimum Gasteiger partial charge on any atom is -0.370 e. The molecule has 1 unspecified atom stereocenters. The van der Waals surface area contributed by atoms with Gasteiger partial charge in [0.25, 0.3) is 0 Å². The van der Waals surface area contributed by atoms with E-state index in [1.54, 1.807) is 13.1 Å². The van der Waals surface area contributed by atoms with Gasteiger partial charge in [-0.2, -0.15) is 0 Å². The van der Waals surface area contributed by atoms with E-state index < -0.39 is 5.41 Å². The molecule has 1 heterocycles. The van der Waals surface area contributed by atoms with E-state index in [2.05, 4.69) is 26.1 Å². The van der Waals surface area contributed by atoms with Gasteiger partial charge >= 0.3 is 0 Å². The summed E-state index contributed by atoms with van der Waals surface area (Å²) < 4.78 is 0.932. The third-order valence-corrected chi connectivity index (χ3v) is 4.20. The molecule has 1 N–H and O–H groups in total. The van der Waals surface area contributed by atoms with E-state index in [0.29, 0.717) is 12.1 Å². The Labute approximate surface area is 121 Å². The fourth-order valence-electron chi connectivity index (χ4n) is 2.54. The number of hydrogen-bond donors (Lipinski definition) is 1. The molecule has 1 aromatic rings. The number of carbonyl (C=O) groups excluding carboxylic acids is 2. The first-order valence-electron chi connectivity index (χ1n) is 6.22. The molecule has 102 valence electrons. The monoisotopic (exact) mass is 324 g/mol. The molecule has 5 heteroatoms. The molecule has 0 saturated carbocycles. The zero-order chi connectivity index (χ0) is 14.0. The second-order valence-corrected chi connectivity index (χ2v) is 6.05. The summed E-state index contributed by atoms with van der Waals surface area (Å²) >= 11 is 3.42. The Kier molecular flexibility index (Phi) is 3.94. The van der Waals surface area contributed by atoms with Crippen molar-refractivity contribution in [2.75, 3.05) is 25.0 Å². The molecule has 0 aliphatic carbocycles. The van der Waals surface area contributed by atoms with Gasteiger partial charge in [0, 0.05) is 35.9 Å². The molecule has 1 amide bonds. The van der Waals surface area contributed by atoms with E-state index in [0.717, 1.165) is 29.4 Å². The Morgan fingerprint density at radius 1 is 1.53 bits per heavy atom. The SMILES string of the molecule is CNC(=O)C1(C)CCN(c2cc(Br)ccc2C=O)C1. The average molecular weight is 325 g/mol. The lowest BCUT2D eigenvalue weighted by atomic mass is 9.89. The van der Waals surface area contributed by atoms with Crippen molar-refractivity contribution in [1.29, 1.82) is 0 Å². The van der Waals surface area contributed by atoms with Crippen LogP contribution in [0.5, 0.6) is 0 Å². The number of anilines is 1. The summed E-state index contributed by atoms with van der Waals surface area (Å²) in [6, 6.07) is 5.57. The average Bonchev–Trinajstić information content (AvgIpc) is 2.81. The predicted molar refractivity (Wildman–Crippen MR) is 78.5 cm³/mol. The Morgan fingerprint density at radius 3 is 2.89 bits per heavy atom. The van der Waals surface area contributed by atoms with Crippen LogP contribution in [0.15, 0.2) is 22.7 Å². The number of carbonyl (C=O) groups is 2. The lowest BCUT2D eigenvalue weighted by Gasteiger charge is -2.24. The molecule has 0 aromatic heterocycles. The summed E-state index contributed by atoms with van der Waals surface area (Å²) in [6.45, 7) is 3.37. The number of hydrogen-bond acceptors (Lipinski definition) is 3. The minimum atomic E-state index is -0.392. The van der Waals surface area contributed by atoms with Crippen LogP contribution in [-0.2, 0) is 4.79 Å². The first kappa shape index (κ1) is 14.1. The van der Waals surface area contributed by atoms with Gasteiger partial charge in [0.2, 0.25) is 5.91 Å². The normalized spacial score (nSPS) is 22.4. The summed E-state index contributed by atoms with van der Waals surface area (Å²) in [7, 11) is 1.66. The third kappa shape index (κ3) is 2.66. The highest BCUT2D eigenvalue weighted by atomic mass is 79.9. The smallest absolute Gasteiger partial charge is 0.227 e. The number of nitrogens with one attached hydrogen (secondary N) is 1. The van der Waals surface area contributed by atoms with E-state index in [1.807, 2.05) is 19.1 Å². The molecule has 1 aliphatic heterocycles. The molecule has 2 rings (SSSR count). The first-order valence-corrected chi connectivity index (χ1v) is 7.01. The van der Waals surface area contributed by atoms with Gasteiger partial charge in [0.05, 0.1) is 5.41 Å². The second-order valence-electron chi connectivity index (χ2n) is 5.13. The molecule has 0 spiro atoms. The molecule has 1 fully saturated rings. The van der Waals surface area contributed by atoms with E-state index in [9.17, 15) is 9.59 Å². The lowest BCUT2D eigenvalue weighted by molar-refractivity contribution is -0.128. The number of aldehydes is 1. The van der Waals surface area contributed by atoms with Gasteiger partial charge in [-0.05, 0) is 31.5 Å². The Hall–Kier alpha value is -1.36. The summed E-state index contributed by atoms with van der Waals surface area (Å²) in [5, 5.41) is 2.72. The van der Waals surface area contributed by atoms with Crippen LogP contribution in [0.2, 0.25) is 0 Å². The van der Waals surface area contributed by atoms with Crippen LogP contribution in [0.3, 0.4) is 0 Å². The number of rotatable bonds is 3. The highest BCUT2D eigenvalue weighted by molar-refractivity contribution is 9.10. The van der Waals surface area contributed by atoms with E-state index in [1.165, 1.54) is 0 Å². The van der Waals surface area contributed by atoms with Crippen LogP contribution in [-0.4, -0.2) is 32.3 Å². The first-order chi connectivity index (χ1) is 9.00. The highest BCUT2D eigenvalue weighted by Crippen LogP contribution is 2.35. The fourth-order valence-corrected chi connectivity index (χ4v) is 2.89. The quantitative estimate of drug-likeness (QED) is 0.867. The number of halogens is 1. The maximum Gasteiger partial charge on any atom is 0.227 e. The number of amides is 1. The second kappa shape index (κ2) is 5.33.